The first-order chi connectivity index (χ1) is 13.3. The molecule has 4 rings (SSSR count). The first kappa shape index (κ1) is 17.2. The number of carbonyl (C=O) groups is 1. The van der Waals surface area contributed by atoms with Crippen molar-refractivity contribution in [1.82, 2.24) is 29.6 Å². The molecule has 9 heteroatoms. The molecule has 0 aromatic carbocycles. The molecule has 1 amide bonds. The number of rotatable bonds is 4. The molecule has 0 spiro atoms. The Hall–Kier alpha value is -3.23. The molecule has 3 aromatic heterocycles. The van der Waals surface area contributed by atoms with Crippen LogP contribution in [-0.4, -0.2) is 68.5 Å². The minimum Gasteiger partial charge on any atom is -0.450 e. The van der Waals surface area contributed by atoms with Gasteiger partial charge >= 0.3 is 6.09 Å². The van der Waals surface area contributed by atoms with E-state index in [-0.39, 0.29) is 6.09 Å². The summed E-state index contributed by atoms with van der Waals surface area (Å²) in [6.07, 6.45) is 6.66. The summed E-state index contributed by atoms with van der Waals surface area (Å²) in [5, 5.41) is 5.41. The molecule has 140 valence electrons. The normalized spacial score (nSPS) is 14.6. The van der Waals surface area contributed by atoms with Crippen LogP contribution in [0.25, 0.3) is 11.0 Å². The van der Waals surface area contributed by atoms with Crippen molar-refractivity contribution in [3.05, 3.63) is 42.6 Å². The van der Waals surface area contributed by atoms with Crippen molar-refractivity contribution in [3.8, 4) is 0 Å². The van der Waals surface area contributed by atoms with Gasteiger partial charge in [-0.05, 0) is 24.6 Å². The van der Waals surface area contributed by atoms with Crippen molar-refractivity contribution in [2.24, 2.45) is 0 Å². The van der Waals surface area contributed by atoms with Crippen LogP contribution in [0.4, 0.5) is 10.6 Å². The van der Waals surface area contributed by atoms with Crippen LogP contribution in [0.15, 0.2) is 37.1 Å². The molecule has 0 radical (unpaired) electrons. The number of piperazine rings is 1. The summed E-state index contributed by atoms with van der Waals surface area (Å²) in [4.78, 5) is 28.7. The fourth-order valence-electron chi connectivity index (χ4n) is 3.23. The van der Waals surface area contributed by atoms with E-state index in [0.29, 0.717) is 39.3 Å². The molecule has 3 aromatic rings. The van der Waals surface area contributed by atoms with Gasteiger partial charge in [0.25, 0.3) is 0 Å². The van der Waals surface area contributed by atoms with E-state index in [9.17, 15) is 4.79 Å². The molecule has 9 nitrogen and oxygen atoms in total. The molecule has 1 aliphatic heterocycles. The molecule has 0 atom stereocenters. The Bertz CT molecular complexity index is 920. The standard InChI is InChI=1S/C18H21N7O2/c1-2-27-18(26)24-9-7-23(8-10-24)16-15-11-22-25(17(15)21-13-20-16)12-14-3-5-19-6-4-14/h3-6,11,13H,2,7-10,12H2,1H3. The van der Waals surface area contributed by atoms with Gasteiger partial charge in [0, 0.05) is 38.6 Å². The molecule has 0 bridgehead atoms. The van der Waals surface area contributed by atoms with Gasteiger partial charge in [0.1, 0.15) is 12.1 Å². The molecule has 4 heterocycles. The molecule has 0 saturated carbocycles. The second-order valence-electron chi connectivity index (χ2n) is 6.27. The van der Waals surface area contributed by atoms with E-state index in [2.05, 4.69) is 25.0 Å². The van der Waals surface area contributed by atoms with Crippen LogP contribution in [0, 0.1) is 0 Å². The highest BCUT2D eigenvalue weighted by molar-refractivity contribution is 5.86. The molecule has 27 heavy (non-hydrogen) atoms. The summed E-state index contributed by atoms with van der Waals surface area (Å²) in [6.45, 7) is 5.43. The summed E-state index contributed by atoms with van der Waals surface area (Å²) < 4.78 is 6.94. The average Bonchev–Trinajstić information content (AvgIpc) is 3.12. The lowest BCUT2D eigenvalue weighted by atomic mass is 10.2. The fourth-order valence-corrected chi connectivity index (χ4v) is 3.23. The Kier molecular flexibility index (Phi) is 4.82. The predicted octanol–water partition coefficient (Wildman–Crippen LogP) is 1.55. The van der Waals surface area contributed by atoms with Gasteiger partial charge in [0.15, 0.2) is 5.65 Å². The van der Waals surface area contributed by atoms with E-state index in [1.165, 1.54) is 0 Å². The van der Waals surface area contributed by atoms with E-state index < -0.39 is 0 Å². The highest BCUT2D eigenvalue weighted by Crippen LogP contribution is 2.24. The summed E-state index contributed by atoms with van der Waals surface area (Å²) >= 11 is 0. The number of hydrogen-bond donors (Lipinski definition) is 0. The van der Waals surface area contributed by atoms with Gasteiger partial charge in [0.2, 0.25) is 0 Å². The van der Waals surface area contributed by atoms with Gasteiger partial charge in [-0.2, -0.15) is 5.10 Å². The number of nitrogens with zero attached hydrogens (tertiary/aromatic N) is 7. The van der Waals surface area contributed by atoms with E-state index in [0.717, 1.165) is 22.4 Å². The van der Waals surface area contributed by atoms with Crippen LogP contribution in [0.5, 0.6) is 0 Å². The zero-order valence-electron chi connectivity index (χ0n) is 15.2. The van der Waals surface area contributed by atoms with Crippen molar-refractivity contribution in [2.75, 3.05) is 37.7 Å². The minimum absolute atomic E-state index is 0.254. The number of amides is 1. The molecule has 1 fully saturated rings. The zero-order chi connectivity index (χ0) is 18.6. The Morgan fingerprint density at radius 1 is 1.15 bits per heavy atom. The van der Waals surface area contributed by atoms with Crippen LogP contribution >= 0.6 is 0 Å². The maximum absolute atomic E-state index is 11.9. The Labute approximate surface area is 156 Å². The third kappa shape index (κ3) is 3.53. The third-order valence-corrected chi connectivity index (χ3v) is 4.60. The Morgan fingerprint density at radius 2 is 1.93 bits per heavy atom. The predicted molar refractivity (Wildman–Crippen MR) is 99.5 cm³/mol. The Morgan fingerprint density at radius 3 is 2.67 bits per heavy atom. The number of carbonyl (C=O) groups excluding carboxylic acids is 1. The van der Waals surface area contributed by atoms with Gasteiger partial charge in [-0.15, -0.1) is 0 Å². The maximum atomic E-state index is 11.9. The van der Waals surface area contributed by atoms with E-state index in [1.807, 2.05) is 29.9 Å². The molecular formula is C18H21N7O2. The van der Waals surface area contributed by atoms with Crippen molar-refractivity contribution in [2.45, 2.75) is 13.5 Å². The number of anilines is 1. The molecular weight excluding hydrogens is 346 g/mol. The van der Waals surface area contributed by atoms with Crippen LogP contribution in [0.1, 0.15) is 12.5 Å². The average molecular weight is 367 g/mol. The SMILES string of the molecule is CCOC(=O)N1CCN(c2ncnc3c2cnn3Cc2ccncc2)CC1. The van der Waals surface area contributed by atoms with Gasteiger partial charge < -0.3 is 14.5 Å². The zero-order valence-corrected chi connectivity index (χ0v) is 15.2. The summed E-state index contributed by atoms with van der Waals surface area (Å²) in [6, 6.07) is 3.93. The fraction of sp³-hybridized carbons (Fsp3) is 0.389. The van der Waals surface area contributed by atoms with Crippen molar-refractivity contribution >= 4 is 22.9 Å². The van der Waals surface area contributed by atoms with E-state index >= 15 is 0 Å². The number of aromatic nitrogens is 5. The number of hydrogen-bond acceptors (Lipinski definition) is 7. The number of ether oxygens (including phenoxy) is 1. The van der Waals surface area contributed by atoms with Crippen LogP contribution < -0.4 is 4.90 Å². The smallest absolute Gasteiger partial charge is 0.409 e. The van der Waals surface area contributed by atoms with Gasteiger partial charge in [-0.25, -0.2) is 19.4 Å². The van der Waals surface area contributed by atoms with E-state index in [1.54, 1.807) is 23.6 Å². The monoisotopic (exact) mass is 367 g/mol. The van der Waals surface area contributed by atoms with E-state index in [4.69, 9.17) is 4.74 Å². The minimum atomic E-state index is -0.254. The first-order valence-corrected chi connectivity index (χ1v) is 8.98. The Balaban J connectivity index is 1.53. The topological polar surface area (TPSA) is 89.3 Å². The van der Waals surface area contributed by atoms with Crippen LogP contribution in [0.2, 0.25) is 0 Å². The highest BCUT2D eigenvalue weighted by Gasteiger charge is 2.24. The van der Waals surface area contributed by atoms with Gasteiger partial charge in [-0.3, -0.25) is 4.98 Å². The van der Waals surface area contributed by atoms with Crippen molar-refractivity contribution < 1.29 is 9.53 Å². The lowest BCUT2D eigenvalue weighted by Gasteiger charge is -2.34. The largest absolute Gasteiger partial charge is 0.450 e. The molecule has 0 unspecified atom stereocenters. The number of pyridine rings is 1. The lowest BCUT2D eigenvalue weighted by molar-refractivity contribution is 0.105. The first-order valence-electron chi connectivity index (χ1n) is 8.98. The molecule has 1 saturated heterocycles. The third-order valence-electron chi connectivity index (χ3n) is 4.60. The van der Waals surface area contributed by atoms with Crippen molar-refractivity contribution in [3.63, 3.8) is 0 Å². The molecule has 0 N–H and O–H groups in total. The lowest BCUT2D eigenvalue weighted by Crippen LogP contribution is -2.49. The summed E-state index contributed by atoms with van der Waals surface area (Å²) in [7, 11) is 0. The summed E-state index contributed by atoms with van der Waals surface area (Å²) in [5.41, 5.74) is 1.91. The maximum Gasteiger partial charge on any atom is 0.409 e. The van der Waals surface area contributed by atoms with Gasteiger partial charge in [-0.1, -0.05) is 0 Å². The second kappa shape index (κ2) is 7.56. The highest BCUT2D eigenvalue weighted by atomic mass is 16.6. The quantitative estimate of drug-likeness (QED) is 0.691. The molecule has 1 aliphatic rings. The van der Waals surface area contributed by atoms with Crippen LogP contribution in [-0.2, 0) is 11.3 Å². The second-order valence-corrected chi connectivity index (χ2v) is 6.27. The van der Waals surface area contributed by atoms with Crippen molar-refractivity contribution in [1.29, 1.82) is 0 Å². The summed E-state index contributed by atoms with van der Waals surface area (Å²) in [5.74, 6) is 0.851. The number of fused-ring (bicyclic) bond motifs is 1. The van der Waals surface area contributed by atoms with Crippen LogP contribution in [0.3, 0.4) is 0 Å². The van der Waals surface area contributed by atoms with Gasteiger partial charge in [0.05, 0.1) is 24.7 Å². The molecule has 0 aliphatic carbocycles.